The SMILES string of the molecule is O=C(OOC(F)F)c1coc(-c2ccccc2)n1. The first-order valence-electron chi connectivity index (χ1n) is 4.83. The monoisotopic (exact) mass is 255 g/mol. The first-order valence-corrected chi connectivity index (χ1v) is 4.83. The second-order valence-corrected chi connectivity index (χ2v) is 3.13. The van der Waals surface area contributed by atoms with Gasteiger partial charge in [-0.05, 0) is 12.1 Å². The lowest BCUT2D eigenvalue weighted by molar-refractivity contribution is -0.344. The summed E-state index contributed by atoms with van der Waals surface area (Å²) in [6, 6.07) is 8.76. The molecule has 0 saturated carbocycles. The molecule has 0 unspecified atom stereocenters. The van der Waals surface area contributed by atoms with E-state index in [-0.39, 0.29) is 11.6 Å². The van der Waals surface area contributed by atoms with E-state index in [1.807, 2.05) is 0 Å². The van der Waals surface area contributed by atoms with E-state index in [1.54, 1.807) is 30.3 Å². The summed E-state index contributed by atoms with van der Waals surface area (Å²) in [5.74, 6) is -0.971. The lowest BCUT2D eigenvalue weighted by Crippen LogP contribution is -2.09. The molecular formula is C11H7F2NO4. The molecule has 0 saturated heterocycles. The Kier molecular flexibility index (Phi) is 3.63. The summed E-state index contributed by atoms with van der Waals surface area (Å²) in [4.78, 5) is 22.2. The van der Waals surface area contributed by atoms with Crippen LogP contribution in [0.5, 0.6) is 0 Å². The van der Waals surface area contributed by atoms with Gasteiger partial charge in [-0.2, -0.15) is 8.78 Å². The van der Waals surface area contributed by atoms with Crippen molar-refractivity contribution in [2.45, 2.75) is 6.61 Å². The molecule has 0 amide bonds. The number of benzene rings is 1. The summed E-state index contributed by atoms with van der Waals surface area (Å²) in [7, 11) is 0. The molecule has 0 fully saturated rings. The van der Waals surface area contributed by atoms with E-state index in [0.29, 0.717) is 5.56 Å². The van der Waals surface area contributed by atoms with Gasteiger partial charge in [-0.15, -0.1) is 4.89 Å². The molecule has 94 valence electrons. The molecule has 2 rings (SSSR count). The minimum absolute atomic E-state index is 0.180. The second-order valence-electron chi connectivity index (χ2n) is 3.13. The number of oxazole rings is 1. The van der Waals surface area contributed by atoms with Crippen LogP contribution in [0.2, 0.25) is 0 Å². The molecule has 0 aliphatic carbocycles. The van der Waals surface area contributed by atoms with Gasteiger partial charge in [-0.3, -0.25) is 4.89 Å². The van der Waals surface area contributed by atoms with Gasteiger partial charge in [0, 0.05) is 5.56 Å². The maximum Gasteiger partial charge on any atom is 0.394 e. The topological polar surface area (TPSA) is 61.6 Å². The summed E-state index contributed by atoms with van der Waals surface area (Å²) in [5, 5.41) is 0. The van der Waals surface area contributed by atoms with E-state index in [9.17, 15) is 13.6 Å². The fourth-order valence-corrected chi connectivity index (χ4v) is 1.20. The zero-order valence-corrected chi connectivity index (χ0v) is 8.88. The minimum atomic E-state index is -3.20. The van der Waals surface area contributed by atoms with Gasteiger partial charge in [0.25, 0.3) is 0 Å². The number of carbonyl (C=O) groups excluding carboxylic acids is 1. The smallest absolute Gasteiger partial charge is 0.394 e. The van der Waals surface area contributed by atoms with Crippen LogP contribution in [0.25, 0.3) is 11.5 Å². The molecule has 0 N–H and O–H groups in total. The highest BCUT2D eigenvalue weighted by atomic mass is 19.3. The summed E-state index contributed by atoms with van der Waals surface area (Å²) in [5.41, 5.74) is 0.390. The Balaban J connectivity index is 2.09. The molecule has 0 atom stereocenters. The van der Waals surface area contributed by atoms with E-state index >= 15 is 0 Å². The zero-order chi connectivity index (χ0) is 13.0. The third-order valence-electron chi connectivity index (χ3n) is 1.93. The van der Waals surface area contributed by atoms with Gasteiger partial charge < -0.3 is 4.42 Å². The lowest BCUT2D eigenvalue weighted by atomic mass is 10.2. The van der Waals surface area contributed by atoms with Crippen molar-refractivity contribution in [3.05, 3.63) is 42.3 Å². The Bertz CT molecular complexity index is 527. The summed E-state index contributed by atoms with van der Waals surface area (Å²) in [6.45, 7) is -3.20. The van der Waals surface area contributed by atoms with E-state index in [2.05, 4.69) is 14.8 Å². The molecule has 1 aromatic carbocycles. The molecule has 2 aromatic rings. The Labute approximate surface area is 99.9 Å². The molecule has 1 heterocycles. The first kappa shape index (κ1) is 12.2. The number of halogens is 2. The Morgan fingerprint density at radius 3 is 2.67 bits per heavy atom. The number of aromatic nitrogens is 1. The fourth-order valence-electron chi connectivity index (χ4n) is 1.20. The van der Waals surface area contributed by atoms with Gasteiger partial charge in [0.1, 0.15) is 6.26 Å². The average Bonchev–Trinajstić information content (AvgIpc) is 2.86. The highest BCUT2D eigenvalue weighted by Crippen LogP contribution is 2.18. The largest absolute Gasteiger partial charge is 0.444 e. The highest BCUT2D eigenvalue weighted by Gasteiger charge is 2.17. The molecule has 0 aliphatic rings. The van der Waals surface area contributed by atoms with Gasteiger partial charge >= 0.3 is 12.6 Å². The van der Waals surface area contributed by atoms with Crippen molar-refractivity contribution in [1.82, 2.24) is 4.98 Å². The van der Waals surface area contributed by atoms with Crippen LogP contribution in [0, 0.1) is 0 Å². The van der Waals surface area contributed by atoms with Crippen molar-refractivity contribution in [2.75, 3.05) is 0 Å². The van der Waals surface area contributed by atoms with Gasteiger partial charge in [0.2, 0.25) is 5.89 Å². The van der Waals surface area contributed by atoms with Crippen LogP contribution < -0.4 is 0 Å². The first-order chi connectivity index (χ1) is 8.66. The third-order valence-corrected chi connectivity index (χ3v) is 1.93. The molecule has 0 spiro atoms. The van der Waals surface area contributed by atoms with Gasteiger partial charge in [-0.25, -0.2) is 9.78 Å². The maximum atomic E-state index is 11.6. The number of hydrogen-bond acceptors (Lipinski definition) is 5. The van der Waals surface area contributed by atoms with Crippen LogP contribution in [0.3, 0.4) is 0 Å². The Hall–Kier alpha value is -2.28. The van der Waals surface area contributed by atoms with Crippen molar-refractivity contribution in [3.63, 3.8) is 0 Å². The minimum Gasteiger partial charge on any atom is -0.444 e. The Morgan fingerprint density at radius 1 is 1.28 bits per heavy atom. The second kappa shape index (κ2) is 5.37. The van der Waals surface area contributed by atoms with Crippen molar-refractivity contribution < 1.29 is 27.8 Å². The van der Waals surface area contributed by atoms with Crippen LogP contribution >= 0.6 is 0 Å². The lowest BCUT2D eigenvalue weighted by Gasteiger charge is -1.98. The number of alkyl halides is 2. The van der Waals surface area contributed by atoms with Crippen molar-refractivity contribution in [1.29, 1.82) is 0 Å². The van der Waals surface area contributed by atoms with Gasteiger partial charge in [0.05, 0.1) is 0 Å². The summed E-state index contributed by atoms with van der Waals surface area (Å²) >= 11 is 0. The van der Waals surface area contributed by atoms with Crippen molar-refractivity contribution in [3.8, 4) is 11.5 Å². The van der Waals surface area contributed by atoms with Crippen LogP contribution in [0.4, 0.5) is 8.78 Å². The number of rotatable bonds is 4. The van der Waals surface area contributed by atoms with Crippen molar-refractivity contribution >= 4 is 5.97 Å². The molecule has 7 heteroatoms. The maximum absolute atomic E-state index is 11.6. The van der Waals surface area contributed by atoms with E-state index in [4.69, 9.17) is 4.42 Å². The normalized spacial score (nSPS) is 10.6. The van der Waals surface area contributed by atoms with Gasteiger partial charge in [-0.1, -0.05) is 18.2 Å². The van der Waals surface area contributed by atoms with E-state index in [0.717, 1.165) is 6.26 Å². The third kappa shape index (κ3) is 2.89. The van der Waals surface area contributed by atoms with E-state index < -0.39 is 12.6 Å². The number of nitrogens with zero attached hydrogens (tertiary/aromatic N) is 1. The summed E-state index contributed by atoms with van der Waals surface area (Å²) in [6.07, 6.45) is 1.000. The number of carbonyl (C=O) groups is 1. The molecule has 1 aromatic heterocycles. The highest BCUT2D eigenvalue weighted by molar-refractivity contribution is 5.86. The predicted molar refractivity (Wildman–Crippen MR) is 54.4 cm³/mol. The molecule has 0 aliphatic heterocycles. The molecular weight excluding hydrogens is 248 g/mol. The van der Waals surface area contributed by atoms with Gasteiger partial charge in [0.15, 0.2) is 5.69 Å². The Morgan fingerprint density at radius 2 is 2.00 bits per heavy atom. The average molecular weight is 255 g/mol. The molecule has 0 radical (unpaired) electrons. The van der Waals surface area contributed by atoms with Crippen LogP contribution in [0.15, 0.2) is 41.0 Å². The zero-order valence-electron chi connectivity index (χ0n) is 8.88. The van der Waals surface area contributed by atoms with Crippen LogP contribution in [0.1, 0.15) is 10.5 Å². The fraction of sp³-hybridized carbons (Fsp3) is 0.0909. The molecule has 0 bridgehead atoms. The molecule has 5 nitrogen and oxygen atoms in total. The van der Waals surface area contributed by atoms with Crippen LogP contribution in [-0.2, 0) is 9.78 Å². The predicted octanol–water partition coefficient (Wildman–Crippen LogP) is 2.65. The molecule has 18 heavy (non-hydrogen) atoms. The quantitative estimate of drug-likeness (QED) is 0.620. The van der Waals surface area contributed by atoms with Crippen molar-refractivity contribution in [2.24, 2.45) is 0 Å². The van der Waals surface area contributed by atoms with Crippen LogP contribution in [-0.4, -0.2) is 17.6 Å². The number of hydrogen-bond donors (Lipinski definition) is 0. The summed E-state index contributed by atoms with van der Waals surface area (Å²) < 4.78 is 28.3. The standard InChI is InChI=1S/C11H7F2NO4/c12-11(13)18-17-10(15)8-6-16-9(14-8)7-4-2-1-3-5-7/h1-6,11H. The van der Waals surface area contributed by atoms with E-state index in [1.165, 1.54) is 0 Å².